The minimum Gasteiger partial charge on any atom is -0.467 e. The number of furan rings is 1. The Morgan fingerprint density at radius 1 is 1.16 bits per heavy atom. The molecule has 0 saturated carbocycles. The lowest BCUT2D eigenvalue weighted by atomic mass is 10.2. The molecule has 2 aromatic rings. The molecule has 0 fully saturated rings. The number of carbonyl (C=O) groups is 1. The summed E-state index contributed by atoms with van der Waals surface area (Å²) < 4.78 is 6.17. The molecule has 1 heterocycles. The van der Waals surface area contributed by atoms with Gasteiger partial charge in [0.2, 0.25) is 5.91 Å². The predicted octanol–water partition coefficient (Wildman–Crippen LogP) is 2.45. The van der Waals surface area contributed by atoms with E-state index in [9.17, 15) is 4.79 Å². The van der Waals surface area contributed by atoms with Crippen LogP contribution >= 0.6 is 15.9 Å². The number of carbonyl (C=O) groups excluding carboxylic acids is 1. The molecule has 5 heteroatoms. The van der Waals surface area contributed by atoms with Crippen molar-refractivity contribution in [3.8, 4) is 0 Å². The van der Waals surface area contributed by atoms with Gasteiger partial charge in [-0.25, -0.2) is 0 Å². The number of halogens is 1. The Hall–Kier alpha value is -1.59. The molecule has 1 aromatic carbocycles. The van der Waals surface area contributed by atoms with Crippen LogP contribution in [0.2, 0.25) is 0 Å². The molecule has 0 spiro atoms. The molecule has 1 aromatic heterocycles. The van der Waals surface area contributed by atoms with E-state index in [2.05, 4.69) is 26.6 Å². The van der Waals surface area contributed by atoms with Crippen LogP contribution in [0.5, 0.6) is 0 Å². The summed E-state index contributed by atoms with van der Waals surface area (Å²) in [4.78, 5) is 11.6. The molecule has 0 saturated heterocycles. The fourth-order valence-corrected chi connectivity index (χ4v) is 2.04. The first-order valence-corrected chi connectivity index (χ1v) is 6.78. The summed E-state index contributed by atoms with van der Waals surface area (Å²) in [6, 6.07) is 11.6. The molecule has 0 unspecified atom stereocenters. The van der Waals surface area contributed by atoms with Gasteiger partial charge in [-0.15, -0.1) is 0 Å². The molecule has 0 aliphatic carbocycles. The molecule has 0 atom stereocenters. The van der Waals surface area contributed by atoms with Crippen LogP contribution in [0.15, 0.2) is 51.6 Å². The highest BCUT2D eigenvalue weighted by Crippen LogP contribution is 2.14. The van der Waals surface area contributed by atoms with Crippen LogP contribution < -0.4 is 10.6 Å². The number of hydrogen-bond acceptors (Lipinski definition) is 3. The van der Waals surface area contributed by atoms with Gasteiger partial charge in [0, 0.05) is 11.0 Å². The molecule has 0 bridgehead atoms. The van der Waals surface area contributed by atoms with E-state index in [4.69, 9.17) is 4.42 Å². The molecule has 2 rings (SSSR count). The van der Waals surface area contributed by atoms with Crippen molar-refractivity contribution >= 4 is 21.8 Å². The quantitative estimate of drug-likeness (QED) is 0.859. The Morgan fingerprint density at radius 2 is 2.00 bits per heavy atom. The third-order valence-electron chi connectivity index (χ3n) is 2.60. The highest BCUT2D eigenvalue weighted by atomic mass is 79.9. The number of nitrogens with one attached hydrogen (secondary N) is 2. The minimum absolute atomic E-state index is 0.0524. The second-order valence-corrected chi connectivity index (χ2v) is 4.91. The van der Waals surface area contributed by atoms with E-state index in [-0.39, 0.29) is 12.5 Å². The molecule has 0 radical (unpaired) electrons. The summed E-state index contributed by atoms with van der Waals surface area (Å²) >= 11 is 3.47. The Kier molecular flexibility index (Phi) is 5.18. The third kappa shape index (κ3) is 4.54. The van der Waals surface area contributed by atoms with Gasteiger partial charge in [0.1, 0.15) is 5.76 Å². The standard InChI is InChI=1S/C14H15BrN2O2/c15-13-6-2-1-4-11(13)8-16-10-14(18)17-9-12-5-3-7-19-12/h1-7,16H,8-10H2,(H,17,18). The average Bonchev–Trinajstić information content (AvgIpc) is 2.92. The number of amides is 1. The highest BCUT2D eigenvalue weighted by molar-refractivity contribution is 9.10. The average molecular weight is 323 g/mol. The zero-order valence-electron chi connectivity index (χ0n) is 10.4. The van der Waals surface area contributed by atoms with Crippen LogP contribution in [0, 0.1) is 0 Å². The molecule has 2 N–H and O–H groups in total. The minimum atomic E-state index is -0.0524. The van der Waals surface area contributed by atoms with Crippen LogP contribution in [0.4, 0.5) is 0 Å². The van der Waals surface area contributed by atoms with Crippen molar-refractivity contribution in [3.63, 3.8) is 0 Å². The summed E-state index contributed by atoms with van der Waals surface area (Å²) in [6.45, 7) is 1.35. The largest absolute Gasteiger partial charge is 0.467 e. The summed E-state index contributed by atoms with van der Waals surface area (Å²) in [5.74, 6) is 0.697. The van der Waals surface area contributed by atoms with E-state index >= 15 is 0 Å². The number of rotatable bonds is 6. The van der Waals surface area contributed by atoms with Crippen molar-refractivity contribution in [1.29, 1.82) is 0 Å². The zero-order chi connectivity index (χ0) is 13.5. The topological polar surface area (TPSA) is 54.3 Å². The maximum Gasteiger partial charge on any atom is 0.234 e. The lowest BCUT2D eigenvalue weighted by molar-refractivity contribution is -0.120. The lowest BCUT2D eigenvalue weighted by Crippen LogP contribution is -2.33. The van der Waals surface area contributed by atoms with Crippen LogP contribution in [0.3, 0.4) is 0 Å². The van der Waals surface area contributed by atoms with Gasteiger partial charge in [0.05, 0.1) is 19.4 Å². The van der Waals surface area contributed by atoms with E-state index in [1.807, 2.05) is 30.3 Å². The predicted molar refractivity (Wildman–Crippen MR) is 76.4 cm³/mol. The van der Waals surface area contributed by atoms with Crippen molar-refractivity contribution in [3.05, 3.63) is 58.5 Å². The molecule has 1 amide bonds. The van der Waals surface area contributed by atoms with E-state index in [0.717, 1.165) is 15.8 Å². The van der Waals surface area contributed by atoms with Gasteiger partial charge in [-0.1, -0.05) is 34.1 Å². The first-order chi connectivity index (χ1) is 9.25. The third-order valence-corrected chi connectivity index (χ3v) is 3.37. The first kappa shape index (κ1) is 13.8. The van der Waals surface area contributed by atoms with Gasteiger partial charge in [-0.2, -0.15) is 0 Å². The van der Waals surface area contributed by atoms with Gasteiger partial charge < -0.3 is 15.1 Å². The monoisotopic (exact) mass is 322 g/mol. The fraction of sp³-hybridized carbons (Fsp3) is 0.214. The van der Waals surface area contributed by atoms with Crippen LogP contribution in [0.25, 0.3) is 0 Å². The summed E-state index contributed by atoms with van der Waals surface area (Å²) in [6.07, 6.45) is 1.59. The second kappa shape index (κ2) is 7.11. The fourth-order valence-electron chi connectivity index (χ4n) is 1.61. The van der Waals surface area contributed by atoms with E-state index < -0.39 is 0 Å². The Labute approximate surface area is 120 Å². The SMILES string of the molecule is O=C(CNCc1ccccc1Br)NCc1ccco1. The van der Waals surface area contributed by atoms with Gasteiger partial charge in [-0.05, 0) is 23.8 Å². The highest BCUT2D eigenvalue weighted by Gasteiger charge is 2.03. The molecular weight excluding hydrogens is 308 g/mol. The number of hydrogen-bond donors (Lipinski definition) is 2. The molecule has 19 heavy (non-hydrogen) atoms. The number of benzene rings is 1. The lowest BCUT2D eigenvalue weighted by Gasteiger charge is -2.07. The molecular formula is C14H15BrN2O2. The van der Waals surface area contributed by atoms with Crippen LogP contribution in [0.1, 0.15) is 11.3 Å². The normalized spacial score (nSPS) is 10.4. The Bertz CT molecular complexity index is 526. The van der Waals surface area contributed by atoms with Gasteiger partial charge >= 0.3 is 0 Å². The van der Waals surface area contributed by atoms with Gasteiger partial charge in [-0.3, -0.25) is 4.79 Å². The van der Waals surface area contributed by atoms with E-state index in [1.54, 1.807) is 12.3 Å². The van der Waals surface area contributed by atoms with E-state index in [1.165, 1.54) is 0 Å². The van der Waals surface area contributed by atoms with Crippen LogP contribution in [-0.2, 0) is 17.9 Å². The Balaban J connectivity index is 1.68. The first-order valence-electron chi connectivity index (χ1n) is 5.99. The van der Waals surface area contributed by atoms with Crippen molar-refractivity contribution in [1.82, 2.24) is 10.6 Å². The molecule has 0 aliphatic rings. The summed E-state index contributed by atoms with van der Waals surface area (Å²) in [5, 5.41) is 5.88. The molecule has 100 valence electrons. The second-order valence-electron chi connectivity index (χ2n) is 4.05. The van der Waals surface area contributed by atoms with Crippen LogP contribution in [-0.4, -0.2) is 12.5 Å². The maximum atomic E-state index is 11.6. The Morgan fingerprint density at radius 3 is 2.74 bits per heavy atom. The van der Waals surface area contributed by atoms with E-state index in [0.29, 0.717) is 13.1 Å². The molecule has 0 aliphatic heterocycles. The van der Waals surface area contributed by atoms with Crippen molar-refractivity contribution in [2.75, 3.05) is 6.54 Å². The van der Waals surface area contributed by atoms with Gasteiger partial charge in [0.25, 0.3) is 0 Å². The summed E-state index contributed by atoms with van der Waals surface area (Å²) in [7, 11) is 0. The zero-order valence-corrected chi connectivity index (χ0v) is 11.9. The van der Waals surface area contributed by atoms with Gasteiger partial charge in [0.15, 0.2) is 0 Å². The summed E-state index contributed by atoms with van der Waals surface area (Å²) in [5.41, 5.74) is 1.13. The van der Waals surface area contributed by atoms with Crippen molar-refractivity contribution in [2.24, 2.45) is 0 Å². The van der Waals surface area contributed by atoms with Crippen molar-refractivity contribution in [2.45, 2.75) is 13.1 Å². The van der Waals surface area contributed by atoms with Crippen molar-refractivity contribution < 1.29 is 9.21 Å². The smallest absolute Gasteiger partial charge is 0.234 e. The molecule has 4 nitrogen and oxygen atoms in total. The maximum absolute atomic E-state index is 11.6.